The molecule has 0 aromatic carbocycles. The number of nitrogens with zero attached hydrogens (tertiary/aromatic N) is 2. The third kappa shape index (κ3) is 1.82. The predicted molar refractivity (Wildman–Crippen MR) is 60.5 cm³/mol. The van der Waals surface area contributed by atoms with Crippen LogP contribution in [0.4, 0.5) is 0 Å². The molecule has 2 fully saturated rings. The molecular formula is C12H24N2. The Balaban J connectivity index is 1.95. The van der Waals surface area contributed by atoms with Gasteiger partial charge in [-0.25, -0.2) is 0 Å². The van der Waals surface area contributed by atoms with Crippen molar-refractivity contribution in [2.75, 3.05) is 27.2 Å². The summed E-state index contributed by atoms with van der Waals surface area (Å²) in [6, 6.07) is 1.70. The Morgan fingerprint density at radius 2 is 1.71 bits per heavy atom. The lowest BCUT2D eigenvalue weighted by Crippen LogP contribution is -2.40. The summed E-state index contributed by atoms with van der Waals surface area (Å²) in [4.78, 5) is 5.15. The Labute approximate surface area is 88.3 Å². The summed E-state index contributed by atoms with van der Waals surface area (Å²) in [6.45, 7) is 5.16. The molecule has 3 unspecified atom stereocenters. The molecule has 2 aliphatic rings. The summed E-state index contributed by atoms with van der Waals surface area (Å²) >= 11 is 0. The second kappa shape index (κ2) is 4.19. The van der Waals surface area contributed by atoms with Crippen molar-refractivity contribution < 1.29 is 0 Å². The molecule has 0 radical (unpaired) electrons. The van der Waals surface area contributed by atoms with Gasteiger partial charge in [-0.1, -0.05) is 6.92 Å². The van der Waals surface area contributed by atoms with Crippen LogP contribution in [0, 0.1) is 5.92 Å². The van der Waals surface area contributed by atoms with Crippen LogP contribution in [-0.4, -0.2) is 49.1 Å². The Hall–Kier alpha value is -0.0800. The molecule has 3 atom stereocenters. The highest BCUT2D eigenvalue weighted by molar-refractivity contribution is 4.93. The van der Waals surface area contributed by atoms with Crippen LogP contribution in [0.2, 0.25) is 0 Å². The highest BCUT2D eigenvalue weighted by atomic mass is 15.2. The SMILES string of the molecule is CC1C(N(C)C)CCC1N1CCCC1. The molecule has 0 aromatic rings. The molecule has 0 aromatic heterocycles. The smallest absolute Gasteiger partial charge is 0.0136 e. The van der Waals surface area contributed by atoms with Gasteiger partial charge in [-0.2, -0.15) is 0 Å². The van der Waals surface area contributed by atoms with Crippen LogP contribution in [0.3, 0.4) is 0 Å². The van der Waals surface area contributed by atoms with Crippen LogP contribution < -0.4 is 0 Å². The van der Waals surface area contributed by atoms with Crippen LogP contribution >= 0.6 is 0 Å². The van der Waals surface area contributed by atoms with Crippen molar-refractivity contribution in [1.82, 2.24) is 9.80 Å². The Morgan fingerprint density at radius 1 is 1.07 bits per heavy atom. The molecule has 0 spiro atoms. The maximum Gasteiger partial charge on any atom is 0.0136 e. The Bertz CT molecular complexity index is 185. The minimum Gasteiger partial charge on any atom is -0.306 e. The first kappa shape index (κ1) is 10.4. The van der Waals surface area contributed by atoms with Gasteiger partial charge in [0.2, 0.25) is 0 Å². The topological polar surface area (TPSA) is 6.48 Å². The third-order valence-corrected chi connectivity index (χ3v) is 4.25. The van der Waals surface area contributed by atoms with Crippen molar-refractivity contribution in [1.29, 1.82) is 0 Å². The molecule has 1 saturated heterocycles. The normalized spacial score (nSPS) is 39.9. The predicted octanol–water partition coefficient (Wildman–Crippen LogP) is 1.81. The summed E-state index contributed by atoms with van der Waals surface area (Å²) < 4.78 is 0. The van der Waals surface area contributed by atoms with E-state index in [1.165, 1.54) is 38.8 Å². The summed E-state index contributed by atoms with van der Waals surface area (Å²) in [5.41, 5.74) is 0. The van der Waals surface area contributed by atoms with E-state index < -0.39 is 0 Å². The molecule has 0 bridgehead atoms. The standard InChI is InChI=1S/C12H24N2/c1-10-11(13(2)3)6-7-12(10)14-8-4-5-9-14/h10-12H,4-9H2,1-3H3. The molecule has 14 heavy (non-hydrogen) atoms. The van der Waals surface area contributed by atoms with Gasteiger partial charge in [0.1, 0.15) is 0 Å². The van der Waals surface area contributed by atoms with Crippen LogP contribution in [0.25, 0.3) is 0 Å². The van der Waals surface area contributed by atoms with Crippen LogP contribution in [0.5, 0.6) is 0 Å². The van der Waals surface area contributed by atoms with Gasteiger partial charge >= 0.3 is 0 Å². The molecule has 2 heteroatoms. The lowest BCUT2D eigenvalue weighted by Gasteiger charge is -2.31. The number of hydrogen-bond acceptors (Lipinski definition) is 2. The Kier molecular flexibility index (Phi) is 3.13. The highest BCUT2D eigenvalue weighted by Gasteiger charge is 2.37. The fourth-order valence-corrected chi connectivity index (χ4v) is 3.44. The summed E-state index contributed by atoms with van der Waals surface area (Å²) in [6.07, 6.45) is 5.67. The van der Waals surface area contributed by atoms with Crippen molar-refractivity contribution in [3.8, 4) is 0 Å². The maximum absolute atomic E-state index is 2.73. The van der Waals surface area contributed by atoms with Crippen molar-refractivity contribution in [3.05, 3.63) is 0 Å². The quantitative estimate of drug-likeness (QED) is 0.664. The van der Waals surface area contributed by atoms with E-state index in [9.17, 15) is 0 Å². The fraction of sp³-hybridized carbons (Fsp3) is 1.00. The van der Waals surface area contributed by atoms with Crippen molar-refractivity contribution >= 4 is 0 Å². The van der Waals surface area contributed by atoms with Gasteiger partial charge in [0, 0.05) is 12.1 Å². The maximum atomic E-state index is 2.73. The van der Waals surface area contributed by atoms with Gasteiger partial charge in [-0.05, 0) is 58.8 Å². The minimum atomic E-state index is 0.820. The first-order valence-electron chi connectivity index (χ1n) is 6.10. The highest BCUT2D eigenvalue weighted by Crippen LogP contribution is 2.33. The molecule has 2 nitrogen and oxygen atoms in total. The largest absolute Gasteiger partial charge is 0.306 e. The molecule has 0 amide bonds. The molecular weight excluding hydrogens is 172 g/mol. The van der Waals surface area contributed by atoms with Crippen LogP contribution in [0.1, 0.15) is 32.6 Å². The first-order chi connectivity index (χ1) is 6.70. The summed E-state index contributed by atoms with van der Waals surface area (Å²) in [5, 5.41) is 0. The minimum absolute atomic E-state index is 0.820. The summed E-state index contributed by atoms with van der Waals surface area (Å²) in [7, 11) is 4.46. The van der Waals surface area contributed by atoms with Gasteiger partial charge in [-0.3, -0.25) is 0 Å². The number of rotatable bonds is 2. The lowest BCUT2D eigenvalue weighted by atomic mass is 10.0. The second-order valence-electron chi connectivity index (χ2n) is 5.28. The molecule has 1 aliphatic heterocycles. The van der Waals surface area contributed by atoms with E-state index in [0.29, 0.717) is 0 Å². The van der Waals surface area contributed by atoms with Crippen molar-refractivity contribution in [2.45, 2.75) is 44.7 Å². The molecule has 1 heterocycles. The van der Waals surface area contributed by atoms with Crippen LogP contribution in [-0.2, 0) is 0 Å². The van der Waals surface area contributed by atoms with E-state index in [1.54, 1.807) is 0 Å². The zero-order valence-corrected chi connectivity index (χ0v) is 9.87. The molecule has 2 rings (SSSR count). The summed E-state index contributed by atoms with van der Waals surface area (Å²) in [5.74, 6) is 0.864. The van der Waals surface area contributed by atoms with Crippen molar-refractivity contribution in [3.63, 3.8) is 0 Å². The van der Waals surface area contributed by atoms with E-state index in [0.717, 1.165) is 18.0 Å². The molecule has 82 valence electrons. The van der Waals surface area contributed by atoms with Crippen molar-refractivity contribution in [2.24, 2.45) is 5.92 Å². The zero-order chi connectivity index (χ0) is 10.1. The van der Waals surface area contributed by atoms with E-state index in [4.69, 9.17) is 0 Å². The second-order valence-corrected chi connectivity index (χ2v) is 5.28. The van der Waals surface area contributed by atoms with Gasteiger partial charge in [0.15, 0.2) is 0 Å². The van der Waals surface area contributed by atoms with E-state index in [2.05, 4.69) is 30.8 Å². The monoisotopic (exact) mass is 196 g/mol. The van der Waals surface area contributed by atoms with E-state index in [-0.39, 0.29) is 0 Å². The van der Waals surface area contributed by atoms with Gasteiger partial charge in [-0.15, -0.1) is 0 Å². The fourth-order valence-electron chi connectivity index (χ4n) is 3.44. The van der Waals surface area contributed by atoms with Gasteiger partial charge in [0.25, 0.3) is 0 Å². The lowest BCUT2D eigenvalue weighted by molar-refractivity contribution is 0.164. The van der Waals surface area contributed by atoms with Gasteiger partial charge in [0.05, 0.1) is 0 Å². The number of hydrogen-bond donors (Lipinski definition) is 0. The number of likely N-dealkylation sites (tertiary alicyclic amines) is 1. The molecule has 0 N–H and O–H groups in total. The van der Waals surface area contributed by atoms with E-state index >= 15 is 0 Å². The average molecular weight is 196 g/mol. The first-order valence-corrected chi connectivity index (χ1v) is 6.10. The Morgan fingerprint density at radius 3 is 2.21 bits per heavy atom. The third-order valence-electron chi connectivity index (χ3n) is 4.25. The molecule has 1 aliphatic carbocycles. The van der Waals surface area contributed by atoms with Gasteiger partial charge < -0.3 is 9.80 Å². The van der Waals surface area contributed by atoms with Crippen LogP contribution in [0.15, 0.2) is 0 Å². The van der Waals surface area contributed by atoms with E-state index in [1.807, 2.05) is 0 Å². The average Bonchev–Trinajstić information content (AvgIpc) is 2.71. The molecule has 1 saturated carbocycles. The zero-order valence-electron chi connectivity index (χ0n) is 9.87.